The third-order valence-electron chi connectivity index (χ3n) is 4.36. The van der Waals surface area contributed by atoms with Gasteiger partial charge in [-0.3, -0.25) is 0 Å². The summed E-state index contributed by atoms with van der Waals surface area (Å²) >= 11 is 6.06. The summed E-state index contributed by atoms with van der Waals surface area (Å²) in [4.78, 5) is 2.27. The van der Waals surface area contributed by atoms with E-state index >= 15 is 0 Å². The van der Waals surface area contributed by atoms with E-state index in [4.69, 9.17) is 21.6 Å². The van der Waals surface area contributed by atoms with E-state index in [9.17, 15) is 8.42 Å². The van der Waals surface area contributed by atoms with Gasteiger partial charge in [-0.1, -0.05) is 11.6 Å². The van der Waals surface area contributed by atoms with Gasteiger partial charge in [-0.25, -0.2) is 8.42 Å². The van der Waals surface area contributed by atoms with Crippen molar-refractivity contribution < 1.29 is 13.2 Å². The van der Waals surface area contributed by atoms with Crippen molar-refractivity contribution in [3.05, 3.63) is 53.1 Å². The number of rotatable bonds is 4. The summed E-state index contributed by atoms with van der Waals surface area (Å²) in [7, 11) is -2.12. The minimum atomic E-state index is -3.60. The molecule has 136 valence electrons. The van der Waals surface area contributed by atoms with Crippen molar-refractivity contribution in [3.8, 4) is 11.8 Å². The quantitative estimate of drug-likeness (QED) is 0.801. The van der Waals surface area contributed by atoms with Gasteiger partial charge in [0.2, 0.25) is 10.0 Å². The fourth-order valence-corrected chi connectivity index (χ4v) is 4.66. The van der Waals surface area contributed by atoms with Gasteiger partial charge in [0.1, 0.15) is 5.75 Å². The van der Waals surface area contributed by atoms with Crippen LogP contribution in [0, 0.1) is 11.3 Å². The standard InChI is InChI=1S/C18H18ClN3O3S/c1-25-18-7-6-16(12-17(18)19)26(23,24)22-10-8-21(9-11-22)15-4-2-14(13-20)3-5-15/h2-7,12H,8-11H2,1H3. The van der Waals surface area contributed by atoms with E-state index in [0.717, 1.165) is 5.69 Å². The molecule has 1 heterocycles. The summed E-state index contributed by atoms with van der Waals surface area (Å²) in [5, 5.41) is 9.14. The third kappa shape index (κ3) is 3.63. The number of hydrogen-bond acceptors (Lipinski definition) is 5. The first kappa shape index (κ1) is 18.5. The number of methoxy groups -OCH3 is 1. The van der Waals surface area contributed by atoms with Crippen LogP contribution < -0.4 is 9.64 Å². The number of piperazine rings is 1. The first-order chi connectivity index (χ1) is 12.5. The zero-order valence-corrected chi connectivity index (χ0v) is 15.8. The second-order valence-corrected chi connectivity index (χ2v) is 8.19. The maximum absolute atomic E-state index is 12.8. The Morgan fingerprint density at radius 1 is 1.08 bits per heavy atom. The van der Waals surface area contributed by atoms with Crippen molar-refractivity contribution in [3.63, 3.8) is 0 Å². The number of hydrogen-bond donors (Lipinski definition) is 0. The maximum atomic E-state index is 12.8. The normalized spacial score (nSPS) is 15.5. The molecule has 0 saturated carbocycles. The first-order valence-corrected chi connectivity index (χ1v) is 9.86. The average Bonchev–Trinajstić information content (AvgIpc) is 2.68. The van der Waals surface area contributed by atoms with Crippen LogP contribution in [-0.2, 0) is 10.0 Å². The predicted octanol–water partition coefficient (Wildman–Crippen LogP) is 2.73. The predicted molar refractivity (Wildman–Crippen MR) is 100 cm³/mol. The largest absolute Gasteiger partial charge is 0.495 e. The van der Waals surface area contributed by atoms with Crippen LogP contribution in [0.4, 0.5) is 5.69 Å². The number of anilines is 1. The summed E-state index contributed by atoms with van der Waals surface area (Å²) < 4.78 is 32.2. The van der Waals surface area contributed by atoms with Crippen LogP contribution in [0.5, 0.6) is 5.75 Å². The molecule has 0 unspecified atom stereocenters. The lowest BCUT2D eigenvalue weighted by Gasteiger charge is -2.35. The zero-order valence-electron chi connectivity index (χ0n) is 14.2. The summed E-state index contributed by atoms with van der Waals surface area (Å²) in [5.41, 5.74) is 1.58. The molecule has 3 rings (SSSR count). The van der Waals surface area contributed by atoms with Crippen molar-refractivity contribution in [1.82, 2.24) is 4.31 Å². The molecule has 0 bridgehead atoms. The molecular formula is C18H18ClN3O3S. The highest BCUT2D eigenvalue weighted by Gasteiger charge is 2.29. The van der Waals surface area contributed by atoms with Gasteiger partial charge >= 0.3 is 0 Å². The van der Waals surface area contributed by atoms with E-state index in [1.165, 1.54) is 23.5 Å². The van der Waals surface area contributed by atoms with Gasteiger partial charge in [-0.05, 0) is 42.5 Å². The molecule has 26 heavy (non-hydrogen) atoms. The monoisotopic (exact) mass is 391 g/mol. The van der Waals surface area contributed by atoms with Gasteiger partial charge in [-0.15, -0.1) is 0 Å². The molecule has 1 aliphatic rings. The smallest absolute Gasteiger partial charge is 0.243 e. The lowest BCUT2D eigenvalue weighted by atomic mass is 10.2. The molecule has 0 N–H and O–H groups in total. The number of halogens is 1. The summed E-state index contributed by atoms with van der Waals surface area (Å²) in [6, 6.07) is 13.9. The highest BCUT2D eigenvalue weighted by Crippen LogP contribution is 2.29. The molecule has 0 amide bonds. The van der Waals surface area contributed by atoms with Gasteiger partial charge in [-0.2, -0.15) is 9.57 Å². The molecule has 0 atom stereocenters. The number of ether oxygens (including phenoxy) is 1. The Morgan fingerprint density at radius 2 is 1.73 bits per heavy atom. The third-order valence-corrected chi connectivity index (χ3v) is 6.55. The van der Waals surface area contributed by atoms with Gasteiger partial charge in [0, 0.05) is 31.9 Å². The SMILES string of the molecule is COc1ccc(S(=O)(=O)N2CCN(c3ccc(C#N)cc3)CC2)cc1Cl. The number of benzene rings is 2. The number of nitrogens with zero attached hydrogens (tertiary/aromatic N) is 3. The Hall–Kier alpha value is -2.27. The zero-order chi connectivity index (χ0) is 18.7. The van der Waals surface area contributed by atoms with Crippen LogP contribution in [0.2, 0.25) is 5.02 Å². The molecule has 0 aromatic heterocycles. The molecular weight excluding hydrogens is 374 g/mol. The van der Waals surface area contributed by atoms with Crippen molar-refractivity contribution in [1.29, 1.82) is 5.26 Å². The second-order valence-electron chi connectivity index (χ2n) is 5.85. The van der Waals surface area contributed by atoms with Gasteiger partial charge in [0.05, 0.1) is 28.7 Å². The van der Waals surface area contributed by atoms with Crippen LogP contribution in [0.1, 0.15) is 5.56 Å². The Bertz CT molecular complexity index is 931. The molecule has 1 saturated heterocycles. The van der Waals surface area contributed by atoms with Crippen LogP contribution in [0.25, 0.3) is 0 Å². The van der Waals surface area contributed by atoms with Gasteiger partial charge in [0.15, 0.2) is 0 Å². The van der Waals surface area contributed by atoms with Gasteiger partial charge < -0.3 is 9.64 Å². The van der Waals surface area contributed by atoms with Crippen molar-refractivity contribution in [2.75, 3.05) is 38.2 Å². The van der Waals surface area contributed by atoms with E-state index in [1.807, 2.05) is 12.1 Å². The average molecular weight is 392 g/mol. The lowest BCUT2D eigenvalue weighted by Crippen LogP contribution is -2.48. The minimum Gasteiger partial charge on any atom is -0.495 e. The highest BCUT2D eigenvalue weighted by molar-refractivity contribution is 7.89. The number of nitriles is 1. The Morgan fingerprint density at radius 3 is 2.27 bits per heavy atom. The molecule has 6 nitrogen and oxygen atoms in total. The van der Waals surface area contributed by atoms with Gasteiger partial charge in [0.25, 0.3) is 0 Å². The molecule has 2 aromatic rings. The maximum Gasteiger partial charge on any atom is 0.243 e. The van der Waals surface area contributed by atoms with Crippen LogP contribution in [0.3, 0.4) is 0 Å². The molecule has 0 aliphatic carbocycles. The fraction of sp³-hybridized carbons (Fsp3) is 0.278. The molecule has 8 heteroatoms. The molecule has 0 spiro atoms. The van der Waals surface area contributed by atoms with Crippen molar-refractivity contribution >= 4 is 27.3 Å². The molecule has 2 aromatic carbocycles. The van der Waals surface area contributed by atoms with Crippen LogP contribution in [-0.4, -0.2) is 46.0 Å². The van der Waals surface area contributed by atoms with Crippen LogP contribution >= 0.6 is 11.6 Å². The molecule has 1 fully saturated rings. The fourth-order valence-electron chi connectivity index (χ4n) is 2.89. The highest BCUT2D eigenvalue weighted by atomic mass is 35.5. The topological polar surface area (TPSA) is 73.6 Å². The number of sulfonamides is 1. The minimum absolute atomic E-state index is 0.162. The van der Waals surface area contributed by atoms with E-state index in [2.05, 4.69) is 11.0 Å². The van der Waals surface area contributed by atoms with E-state index in [-0.39, 0.29) is 9.92 Å². The molecule has 1 aliphatic heterocycles. The van der Waals surface area contributed by atoms with E-state index in [0.29, 0.717) is 37.5 Å². The Kier molecular flexibility index (Phi) is 5.37. The Labute approximate surface area is 158 Å². The summed E-state index contributed by atoms with van der Waals surface area (Å²) in [5.74, 6) is 0.441. The van der Waals surface area contributed by atoms with Crippen LogP contribution in [0.15, 0.2) is 47.4 Å². The summed E-state index contributed by atoms with van der Waals surface area (Å²) in [6.45, 7) is 1.92. The van der Waals surface area contributed by atoms with Crippen molar-refractivity contribution in [2.45, 2.75) is 4.90 Å². The first-order valence-electron chi connectivity index (χ1n) is 8.04. The molecule has 0 radical (unpaired) electrons. The lowest BCUT2D eigenvalue weighted by molar-refractivity contribution is 0.384. The van der Waals surface area contributed by atoms with Crippen molar-refractivity contribution in [2.24, 2.45) is 0 Å². The Balaban J connectivity index is 1.72. The second kappa shape index (κ2) is 7.54. The van der Waals surface area contributed by atoms with E-state index in [1.54, 1.807) is 18.2 Å². The summed E-state index contributed by atoms with van der Waals surface area (Å²) in [6.07, 6.45) is 0. The van der Waals surface area contributed by atoms with E-state index < -0.39 is 10.0 Å².